The van der Waals surface area contributed by atoms with Gasteiger partial charge in [-0.25, -0.2) is 0 Å². The molecule has 0 unspecified atom stereocenters. The van der Waals surface area contributed by atoms with E-state index in [4.69, 9.17) is 5.73 Å². The second-order valence-corrected chi connectivity index (χ2v) is 3.97. The van der Waals surface area contributed by atoms with Crippen molar-refractivity contribution < 1.29 is 1.43 Å². The first-order valence-electron chi connectivity index (χ1n) is 5.04. The van der Waals surface area contributed by atoms with Gasteiger partial charge in [-0.1, -0.05) is 13.8 Å². The Morgan fingerprint density at radius 2 is 1.92 bits per heavy atom. The summed E-state index contributed by atoms with van der Waals surface area (Å²) >= 11 is 0. The highest BCUT2D eigenvalue weighted by Gasteiger charge is 2.30. The van der Waals surface area contributed by atoms with Crippen molar-refractivity contribution in [3.63, 3.8) is 0 Å². The van der Waals surface area contributed by atoms with E-state index < -0.39 is 0 Å². The van der Waals surface area contributed by atoms with Crippen LogP contribution >= 0.6 is 0 Å². The van der Waals surface area contributed by atoms with Crippen LogP contribution in [0.15, 0.2) is 0 Å². The quantitative estimate of drug-likeness (QED) is 0.659. The molecule has 1 aliphatic heterocycles. The van der Waals surface area contributed by atoms with E-state index in [2.05, 4.69) is 25.7 Å². The van der Waals surface area contributed by atoms with Crippen molar-refractivity contribution in [3.8, 4) is 0 Å². The first-order chi connectivity index (χ1) is 5.51. The predicted molar refractivity (Wildman–Crippen MR) is 57.4 cm³/mol. The van der Waals surface area contributed by atoms with E-state index >= 15 is 0 Å². The van der Waals surface area contributed by atoms with Gasteiger partial charge in [0.1, 0.15) is 0 Å². The summed E-state index contributed by atoms with van der Waals surface area (Å²) in [6.07, 6.45) is 1.14. The van der Waals surface area contributed by atoms with Gasteiger partial charge in [-0.2, -0.15) is 0 Å². The van der Waals surface area contributed by atoms with Crippen LogP contribution in [0.1, 0.15) is 42.5 Å². The predicted octanol–water partition coefficient (Wildman–Crippen LogP) is 2.09. The zero-order valence-electron chi connectivity index (χ0n) is 9.22. The van der Waals surface area contributed by atoms with Gasteiger partial charge in [-0.3, -0.25) is 4.90 Å². The van der Waals surface area contributed by atoms with E-state index in [1.807, 2.05) is 13.8 Å². The van der Waals surface area contributed by atoms with Crippen molar-refractivity contribution in [1.29, 1.82) is 0 Å². The van der Waals surface area contributed by atoms with E-state index in [9.17, 15) is 0 Å². The summed E-state index contributed by atoms with van der Waals surface area (Å²) in [4.78, 5) is 2.43. The Morgan fingerprint density at radius 1 is 1.42 bits per heavy atom. The molecule has 12 heavy (non-hydrogen) atoms. The summed E-state index contributed by atoms with van der Waals surface area (Å²) in [5.74, 6) is 0. The largest absolute Gasteiger partial charge is 0.324 e. The van der Waals surface area contributed by atoms with Gasteiger partial charge in [-0.05, 0) is 27.2 Å². The highest BCUT2D eigenvalue weighted by Crippen LogP contribution is 2.19. The van der Waals surface area contributed by atoms with Crippen LogP contribution in [0.2, 0.25) is 0 Å². The van der Waals surface area contributed by atoms with Crippen LogP contribution in [0.5, 0.6) is 0 Å². The lowest BCUT2D eigenvalue weighted by atomic mass is 10.0. The summed E-state index contributed by atoms with van der Waals surface area (Å²) in [6, 6.07) is 0.658. The molecule has 0 saturated carbocycles. The van der Waals surface area contributed by atoms with Gasteiger partial charge in [-0.15, -0.1) is 0 Å². The fourth-order valence-electron chi connectivity index (χ4n) is 1.46. The standard InChI is InChI=1S/C8H18N2.C2H6.H2/c1-7(2)10-5-4-8(3,9)6-10;1-2;/h7H,4-6,9H2,1-3H3;1-2H3;1H/t8-;;/m1../s1. The molecule has 0 bridgehead atoms. The lowest BCUT2D eigenvalue weighted by Gasteiger charge is -2.22. The third-order valence-electron chi connectivity index (χ3n) is 2.26. The molecule has 1 rings (SSSR count). The topological polar surface area (TPSA) is 29.3 Å². The van der Waals surface area contributed by atoms with Gasteiger partial charge in [0.05, 0.1) is 0 Å². The minimum Gasteiger partial charge on any atom is -0.324 e. The van der Waals surface area contributed by atoms with E-state index in [1.54, 1.807) is 0 Å². The monoisotopic (exact) mass is 174 g/mol. The molecule has 1 heterocycles. The number of likely N-dealkylation sites (tertiary alicyclic amines) is 1. The van der Waals surface area contributed by atoms with E-state index in [-0.39, 0.29) is 6.97 Å². The van der Waals surface area contributed by atoms with Crippen LogP contribution in [0, 0.1) is 0 Å². The van der Waals surface area contributed by atoms with Gasteiger partial charge in [0, 0.05) is 26.1 Å². The summed E-state index contributed by atoms with van der Waals surface area (Å²) in [7, 11) is 0. The van der Waals surface area contributed by atoms with Crippen molar-refractivity contribution in [2.24, 2.45) is 5.73 Å². The molecule has 0 radical (unpaired) electrons. The van der Waals surface area contributed by atoms with E-state index in [1.165, 1.54) is 6.54 Å². The molecule has 1 aliphatic rings. The van der Waals surface area contributed by atoms with Crippen molar-refractivity contribution in [2.75, 3.05) is 13.1 Å². The zero-order chi connectivity index (χ0) is 9.78. The zero-order valence-corrected chi connectivity index (χ0v) is 9.22. The Labute approximate surface area is 78.6 Å². The van der Waals surface area contributed by atoms with Crippen LogP contribution in [-0.2, 0) is 0 Å². The van der Waals surface area contributed by atoms with E-state index in [0.29, 0.717) is 6.04 Å². The molecule has 1 fully saturated rings. The second-order valence-electron chi connectivity index (χ2n) is 3.97. The molecule has 2 N–H and O–H groups in total. The average Bonchev–Trinajstić information content (AvgIpc) is 2.35. The number of nitrogens with zero attached hydrogens (tertiary/aromatic N) is 1. The molecule has 0 spiro atoms. The summed E-state index contributed by atoms with van der Waals surface area (Å²) in [6.45, 7) is 12.8. The smallest absolute Gasteiger partial charge is 0.0267 e. The molecule has 1 saturated heterocycles. The fourth-order valence-corrected chi connectivity index (χ4v) is 1.46. The van der Waals surface area contributed by atoms with Gasteiger partial charge in [0.2, 0.25) is 0 Å². The number of nitrogens with two attached hydrogens (primary N) is 1. The first-order valence-corrected chi connectivity index (χ1v) is 5.04. The summed E-state index contributed by atoms with van der Waals surface area (Å²) in [5, 5.41) is 0. The summed E-state index contributed by atoms with van der Waals surface area (Å²) in [5.41, 5.74) is 6.04. The third kappa shape index (κ3) is 3.55. The van der Waals surface area contributed by atoms with Crippen LogP contribution in [0.3, 0.4) is 0 Å². The minimum atomic E-state index is 0. The Balaban J connectivity index is 0. The number of hydrogen-bond acceptors (Lipinski definition) is 2. The SMILES string of the molecule is CC.CC(C)N1CC[C@@](C)(N)C1.[HH]. The van der Waals surface area contributed by atoms with Gasteiger partial charge < -0.3 is 5.73 Å². The van der Waals surface area contributed by atoms with Crippen molar-refractivity contribution in [1.82, 2.24) is 4.90 Å². The lowest BCUT2D eigenvalue weighted by molar-refractivity contribution is 0.260. The first kappa shape index (κ1) is 11.9. The summed E-state index contributed by atoms with van der Waals surface area (Å²) < 4.78 is 0. The molecule has 0 aromatic rings. The van der Waals surface area contributed by atoms with E-state index in [0.717, 1.165) is 13.0 Å². The third-order valence-corrected chi connectivity index (χ3v) is 2.26. The van der Waals surface area contributed by atoms with Crippen LogP contribution in [-0.4, -0.2) is 29.6 Å². The fraction of sp³-hybridized carbons (Fsp3) is 1.00. The van der Waals surface area contributed by atoms with Crippen molar-refractivity contribution in [3.05, 3.63) is 0 Å². The molecule has 76 valence electrons. The lowest BCUT2D eigenvalue weighted by Crippen LogP contribution is -2.40. The Hall–Kier alpha value is -0.0800. The Bertz CT molecular complexity index is 124. The van der Waals surface area contributed by atoms with Crippen molar-refractivity contribution in [2.45, 2.75) is 52.6 Å². The Morgan fingerprint density at radius 3 is 2.08 bits per heavy atom. The molecule has 1 atom stereocenters. The van der Waals surface area contributed by atoms with Crippen LogP contribution < -0.4 is 5.73 Å². The van der Waals surface area contributed by atoms with Crippen molar-refractivity contribution >= 4 is 0 Å². The van der Waals surface area contributed by atoms with Gasteiger partial charge in [0.25, 0.3) is 0 Å². The second kappa shape index (κ2) is 4.83. The van der Waals surface area contributed by atoms with Crippen LogP contribution in [0.4, 0.5) is 0 Å². The molecule has 2 heteroatoms. The average molecular weight is 174 g/mol. The molecule has 0 amide bonds. The Kier molecular flexibility index (Phi) is 4.80. The highest BCUT2D eigenvalue weighted by atomic mass is 15.2. The number of rotatable bonds is 1. The molecule has 2 nitrogen and oxygen atoms in total. The van der Waals surface area contributed by atoms with Gasteiger partial charge in [0.15, 0.2) is 0 Å². The maximum absolute atomic E-state index is 5.96. The molecular formula is C10H26N2. The maximum Gasteiger partial charge on any atom is 0.0267 e. The molecule has 0 aromatic carbocycles. The number of hydrogen-bond donors (Lipinski definition) is 1. The molecule has 0 aliphatic carbocycles. The van der Waals surface area contributed by atoms with Crippen LogP contribution in [0.25, 0.3) is 0 Å². The normalized spacial score (nSPS) is 30.2. The molecular weight excluding hydrogens is 148 g/mol. The minimum absolute atomic E-state index is 0. The van der Waals surface area contributed by atoms with Gasteiger partial charge >= 0.3 is 0 Å². The maximum atomic E-state index is 5.96. The highest BCUT2D eigenvalue weighted by molar-refractivity contribution is 4.91. The molecule has 0 aromatic heterocycles.